The summed E-state index contributed by atoms with van der Waals surface area (Å²) in [6.45, 7) is 4.72. The van der Waals surface area contributed by atoms with Gasteiger partial charge in [0.1, 0.15) is 0 Å². The van der Waals surface area contributed by atoms with Crippen LogP contribution < -0.4 is 5.32 Å². The van der Waals surface area contributed by atoms with Gasteiger partial charge >= 0.3 is 0 Å². The zero-order valence-electron chi connectivity index (χ0n) is 13.1. The topological polar surface area (TPSA) is 32.3 Å². The Morgan fingerprint density at radius 2 is 1.86 bits per heavy atom. The first kappa shape index (κ1) is 15.4. The van der Waals surface area contributed by atoms with Crippen molar-refractivity contribution in [2.24, 2.45) is 5.92 Å². The molecule has 21 heavy (non-hydrogen) atoms. The van der Waals surface area contributed by atoms with E-state index in [1.165, 1.54) is 36.1 Å². The van der Waals surface area contributed by atoms with Crippen LogP contribution in [0.5, 0.6) is 0 Å². The summed E-state index contributed by atoms with van der Waals surface area (Å²) in [5, 5.41) is 13.7. The highest BCUT2D eigenvalue weighted by Gasteiger charge is 2.47. The van der Waals surface area contributed by atoms with E-state index < -0.39 is 0 Å². The molecule has 2 nitrogen and oxygen atoms in total. The van der Waals surface area contributed by atoms with Crippen LogP contribution in [0.3, 0.4) is 0 Å². The first-order valence-corrected chi connectivity index (χ1v) is 9.23. The van der Waals surface area contributed by atoms with Gasteiger partial charge in [-0.3, -0.25) is 0 Å². The predicted octanol–water partition coefficient (Wildman–Crippen LogP) is 3.80. The lowest BCUT2D eigenvalue weighted by molar-refractivity contribution is 0.157. The molecule has 0 aliphatic heterocycles. The van der Waals surface area contributed by atoms with Gasteiger partial charge in [-0.05, 0) is 55.2 Å². The van der Waals surface area contributed by atoms with E-state index in [9.17, 15) is 5.11 Å². The second-order valence-corrected chi connectivity index (χ2v) is 8.07. The van der Waals surface area contributed by atoms with E-state index in [0.717, 1.165) is 5.75 Å². The zero-order chi connectivity index (χ0) is 14.9. The molecule has 0 radical (unpaired) electrons. The first-order valence-electron chi connectivity index (χ1n) is 8.24. The number of thioether (sulfide) groups is 1. The van der Waals surface area contributed by atoms with E-state index >= 15 is 0 Å². The number of benzene rings is 1. The molecule has 2 N–H and O–H groups in total. The zero-order valence-corrected chi connectivity index (χ0v) is 14.0. The van der Waals surface area contributed by atoms with Crippen molar-refractivity contribution in [2.45, 2.75) is 61.9 Å². The standard InChI is InChI=1S/C18H27NOS/c1-13(2)14-3-9-17(10-4-14)21-12-18(11-20,15-5-6-15)19-16-7-8-16/h3-4,9-10,13,15-16,19-20H,5-8,11-12H2,1-2H3. The number of aliphatic hydroxyl groups excluding tert-OH is 1. The van der Waals surface area contributed by atoms with Gasteiger partial charge in [-0.2, -0.15) is 0 Å². The molecule has 2 aliphatic rings. The summed E-state index contributed by atoms with van der Waals surface area (Å²) in [5.41, 5.74) is 1.34. The van der Waals surface area contributed by atoms with Crippen molar-refractivity contribution in [1.82, 2.24) is 5.32 Å². The van der Waals surface area contributed by atoms with Gasteiger partial charge < -0.3 is 10.4 Å². The van der Waals surface area contributed by atoms with Gasteiger partial charge in [0, 0.05) is 16.7 Å². The molecule has 1 atom stereocenters. The number of aliphatic hydroxyl groups is 1. The van der Waals surface area contributed by atoms with Gasteiger partial charge in [-0.1, -0.05) is 26.0 Å². The van der Waals surface area contributed by atoms with Crippen molar-refractivity contribution in [3.8, 4) is 0 Å². The second-order valence-electron chi connectivity index (χ2n) is 7.02. The Kier molecular flexibility index (Phi) is 4.63. The van der Waals surface area contributed by atoms with Gasteiger partial charge in [-0.15, -0.1) is 11.8 Å². The fraction of sp³-hybridized carbons (Fsp3) is 0.667. The highest BCUT2D eigenvalue weighted by atomic mass is 32.2. The van der Waals surface area contributed by atoms with E-state index in [2.05, 4.69) is 43.4 Å². The van der Waals surface area contributed by atoms with Crippen LogP contribution in [0, 0.1) is 5.92 Å². The summed E-state index contributed by atoms with van der Waals surface area (Å²) in [6, 6.07) is 9.58. The van der Waals surface area contributed by atoms with Crippen LogP contribution in [-0.2, 0) is 0 Å². The average molecular weight is 305 g/mol. The lowest BCUT2D eigenvalue weighted by Crippen LogP contribution is -2.53. The van der Waals surface area contributed by atoms with Crippen molar-refractivity contribution in [1.29, 1.82) is 0 Å². The van der Waals surface area contributed by atoms with Crippen molar-refractivity contribution in [2.75, 3.05) is 12.4 Å². The molecule has 1 aromatic carbocycles. The highest BCUT2D eigenvalue weighted by molar-refractivity contribution is 7.99. The molecule has 0 saturated heterocycles. The lowest BCUT2D eigenvalue weighted by atomic mass is 9.96. The summed E-state index contributed by atoms with van der Waals surface area (Å²) in [7, 11) is 0. The van der Waals surface area contributed by atoms with Gasteiger partial charge in [-0.25, -0.2) is 0 Å². The molecule has 3 rings (SSSR count). The van der Waals surface area contributed by atoms with Gasteiger partial charge in [0.05, 0.1) is 12.1 Å². The molecule has 2 saturated carbocycles. The summed E-state index contributed by atoms with van der Waals surface area (Å²) < 4.78 is 0. The largest absolute Gasteiger partial charge is 0.394 e. The Labute approximate surface area is 132 Å². The minimum atomic E-state index is -0.0530. The molecule has 0 bridgehead atoms. The molecule has 2 aliphatic carbocycles. The second kappa shape index (κ2) is 6.31. The molecule has 3 heteroatoms. The Balaban J connectivity index is 1.62. The van der Waals surface area contributed by atoms with E-state index in [4.69, 9.17) is 0 Å². The Morgan fingerprint density at radius 3 is 2.33 bits per heavy atom. The maximum Gasteiger partial charge on any atom is 0.0624 e. The van der Waals surface area contributed by atoms with Crippen molar-refractivity contribution < 1.29 is 5.11 Å². The summed E-state index contributed by atoms with van der Waals surface area (Å²) in [5.74, 6) is 2.24. The molecular weight excluding hydrogens is 278 g/mol. The predicted molar refractivity (Wildman–Crippen MR) is 90.0 cm³/mol. The van der Waals surface area contributed by atoms with Gasteiger partial charge in [0.2, 0.25) is 0 Å². The van der Waals surface area contributed by atoms with E-state index in [-0.39, 0.29) is 12.1 Å². The smallest absolute Gasteiger partial charge is 0.0624 e. The Hall–Kier alpha value is -0.510. The van der Waals surface area contributed by atoms with Crippen LogP contribution in [0.4, 0.5) is 0 Å². The summed E-state index contributed by atoms with van der Waals surface area (Å²) >= 11 is 1.89. The number of rotatable bonds is 8. The summed E-state index contributed by atoms with van der Waals surface area (Å²) in [6.07, 6.45) is 5.10. The van der Waals surface area contributed by atoms with E-state index in [0.29, 0.717) is 17.9 Å². The number of hydrogen-bond acceptors (Lipinski definition) is 3. The fourth-order valence-corrected chi connectivity index (χ4v) is 4.09. The van der Waals surface area contributed by atoms with Crippen molar-refractivity contribution in [3.63, 3.8) is 0 Å². The van der Waals surface area contributed by atoms with Crippen molar-refractivity contribution in [3.05, 3.63) is 29.8 Å². The Bertz CT molecular complexity index is 465. The molecule has 0 heterocycles. The van der Waals surface area contributed by atoms with Crippen LogP contribution >= 0.6 is 11.8 Å². The first-order chi connectivity index (χ1) is 10.1. The van der Waals surface area contributed by atoms with Crippen LogP contribution in [0.15, 0.2) is 29.2 Å². The highest BCUT2D eigenvalue weighted by Crippen LogP contribution is 2.43. The molecule has 2 fully saturated rings. The maximum absolute atomic E-state index is 9.98. The minimum absolute atomic E-state index is 0.0530. The number of nitrogens with one attached hydrogen (secondary N) is 1. The fourth-order valence-electron chi connectivity index (χ4n) is 2.93. The summed E-state index contributed by atoms with van der Waals surface area (Å²) in [4.78, 5) is 1.32. The van der Waals surface area contributed by atoms with Gasteiger partial charge in [0.25, 0.3) is 0 Å². The van der Waals surface area contributed by atoms with E-state index in [1.807, 2.05) is 11.8 Å². The average Bonchev–Trinajstić information content (AvgIpc) is 3.37. The van der Waals surface area contributed by atoms with Crippen LogP contribution in [0.25, 0.3) is 0 Å². The normalized spacial score (nSPS) is 21.5. The molecule has 0 amide bonds. The van der Waals surface area contributed by atoms with Crippen LogP contribution in [0.1, 0.15) is 51.0 Å². The quantitative estimate of drug-likeness (QED) is 0.717. The molecule has 116 valence electrons. The third-order valence-corrected chi connectivity index (χ3v) is 6.02. The third kappa shape index (κ3) is 3.82. The van der Waals surface area contributed by atoms with E-state index in [1.54, 1.807) is 0 Å². The number of hydrogen-bond donors (Lipinski definition) is 2. The van der Waals surface area contributed by atoms with Crippen molar-refractivity contribution >= 4 is 11.8 Å². The molecule has 0 spiro atoms. The van der Waals surface area contributed by atoms with Gasteiger partial charge in [0.15, 0.2) is 0 Å². The SMILES string of the molecule is CC(C)c1ccc(SCC(CO)(NC2CC2)C2CC2)cc1. The Morgan fingerprint density at radius 1 is 1.19 bits per heavy atom. The van der Waals surface area contributed by atoms with Crippen LogP contribution in [-0.4, -0.2) is 29.0 Å². The maximum atomic E-state index is 9.98. The third-order valence-electron chi connectivity index (χ3n) is 4.75. The molecule has 1 aromatic rings. The van der Waals surface area contributed by atoms with Crippen LogP contribution in [0.2, 0.25) is 0 Å². The monoisotopic (exact) mass is 305 g/mol. The lowest BCUT2D eigenvalue weighted by Gasteiger charge is -2.33. The molecular formula is C18H27NOS. The molecule has 0 aromatic heterocycles. The minimum Gasteiger partial charge on any atom is -0.394 e. The molecule has 1 unspecified atom stereocenters.